The van der Waals surface area contributed by atoms with Crippen molar-refractivity contribution in [3.63, 3.8) is 0 Å². The molecule has 0 atom stereocenters. The van der Waals surface area contributed by atoms with E-state index in [-0.39, 0.29) is 0 Å². The molecule has 0 unspecified atom stereocenters. The Morgan fingerprint density at radius 1 is 0.464 bits per heavy atom. The van der Waals surface area contributed by atoms with Crippen LogP contribution in [0.1, 0.15) is 0 Å². The van der Waals surface area contributed by atoms with Crippen LogP contribution in [0.4, 0.5) is 0 Å². The minimum atomic E-state index is -2.26. The highest BCUT2D eigenvalue weighted by Crippen LogP contribution is 2.35. The maximum atomic E-state index is 11.8. The van der Waals surface area contributed by atoms with Crippen LogP contribution in [0.15, 0.2) is 20.8 Å². The fourth-order valence-electron chi connectivity index (χ4n) is 3.09. The highest BCUT2D eigenvalue weighted by Gasteiger charge is 2.41. The van der Waals surface area contributed by atoms with Gasteiger partial charge in [-0.05, 0) is 0 Å². The molecule has 0 aliphatic heterocycles. The molecule has 0 aromatic heterocycles. The second kappa shape index (κ2) is 9.44. The molecule has 0 aliphatic rings. The van der Waals surface area contributed by atoms with Crippen LogP contribution in [0, 0.1) is 0 Å². The van der Waals surface area contributed by atoms with Gasteiger partial charge < -0.3 is 0 Å². The monoisotopic (exact) mass is 450 g/mol. The summed E-state index contributed by atoms with van der Waals surface area (Å²) in [5.74, 6) is 8.21. The molecule has 0 fully saturated rings. The SMILES string of the molecule is C[Si](C)(C)C(=C=O)C(=C=O)[Si](C)(C)CC[Si](C)(C)C(=C=O)C(=C=O)[Si](C)(C)C. The van der Waals surface area contributed by atoms with Crippen LogP contribution in [0.2, 0.25) is 77.6 Å². The van der Waals surface area contributed by atoms with E-state index in [9.17, 15) is 19.2 Å². The zero-order chi connectivity index (χ0) is 22.6. The summed E-state index contributed by atoms with van der Waals surface area (Å²) in [6.45, 7) is 20.4. The standard InChI is InChI=1S/C20H34O4Si4/c1-25(2,3)17(13-21)19(15-23)27(7,8)11-12-28(9,10)20(16-24)18(14-22)26(4,5)6/h11-12H2,1-10H3. The van der Waals surface area contributed by atoms with Crippen molar-refractivity contribution < 1.29 is 19.2 Å². The molecular weight excluding hydrogens is 417 g/mol. The third-order valence-electron chi connectivity index (χ3n) is 5.14. The van der Waals surface area contributed by atoms with Crippen LogP contribution in [-0.4, -0.2) is 56.1 Å². The van der Waals surface area contributed by atoms with E-state index in [1.807, 2.05) is 51.2 Å². The molecule has 0 rings (SSSR count). The van der Waals surface area contributed by atoms with Gasteiger partial charge in [0.1, 0.15) is 23.8 Å². The summed E-state index contributed by atoms with van der Waals surface area (Å²) in [6.07, 6.45) is 0. The first kappa shape index (κ1) is 26.7. The Balaban J connectivity index is 5.94. The fraction of sp³-hybridized carbons (Fsp3) is 0.600. The quantitative estimate of drug-likeness (QED) is 0.299. The molecule has 8 heteroatoms. The minimum absolute atomic E-state index is 0.527. The predicted octanol–water partition coefficient (Wildman–Crippen LogP) is 4.27. The van der Waals surface area contributed by atoms with E-state index in [2.05, 4.69) is 38.1 Å². The van der Waals surface area contributed by atoms with E-state index < -0.39 is 32.3 Å². The lowest BCUT2D eigenvalue weighted by Crippen LogP contribution is -2.42. The Bertz CT molecular complexity index is 745. The maximum Gasteiger partial charge on any atom is 0.123 e. The number of carbonyl (C=O) groups excluding carboxylic acids is 4. The second-order valence-electron chi connectivity index (χ2n) is 10.7. The van der Waals surface area contributed by atoms with Crippen LogP contribution in [-0.2, 0) is 19.2 Å². The van der Waals surface area contributed by atoms with Gasteiger partial charge in [0.25, 0.3) is 0 Å². The van der Waals surface area contributed by atoms with Crippen molar-refractivity contribution in [3.05, 3.63) is 20.8 Å². The van der Waals surface area contributed by atoms with Crippen molar-refractivity contribution in [1.29, 1.82) is 0 Å². The van der Waals surface area contributed by atoms with E-state index in [4.69, 9.17) is 0 Å². The van der Waals surface area contributed by atoms with Gasteiger partial charge in [-0.2, -0.15) is 0 Å². The lowest BCUT2D eigenvalue weighted by atomic mass is 10.6. The first-order valence-electron chi connectivity index (χ1n) is 9.52. The first-order chi connectivity index (χ1) is 12.5. The lowest BCUT2D eigenvalue weighted by Gasteiger charge is -2.33. The van der Waals surface area contributed by atoms with Crippen LogP contribution < -0.4 is 0 Å². The van der Waals surface area contributed by atoms with Crippen LogP contribution >= 0.6 is 0 Å². The Morgan fingerprint density at radius 2 is 0.679 bits per heavy atom. The van der Waals surface area contributed by atoms with E-state index in [0.29, 0.717) is 20.8 Å². The summed E-state index contributed by atoms with van der Waals surface area (Å²) in [5, 5.41) is 2.11. The van der Waals surface area contributed by atoms with Gasteiger partial charge in [-0.15, -0.1) is 0 Å². The molecule has 0 bridgehead atoms. The maximum absolute atomic E-state index is 11.8. The Labute approximate surface area is 173 Å². The molecule has 4 nitrogen and oxygen atoms in total. The Kier molecular flexibility index (Phi) is 8.99. The summed E-state index contributed by atoms with van der Waals surface area (Å²) in [5.41, 5.74) is 0. The number of allylic oxidation sites excluding steroid dienone is 4. The number of hydrogen-bond acceptors (Lipinski definition) is 4. The average Bonchev–Trinajstić information content (AvgIpc) is 2.52. The van der Waals surface area contributed by atoms with Gasteiger partial charge in [-0.1, -0.05) is 77.6 Å². The molecule has 0 saturated heterocycles. The summed E-state index contributed by atoms with van der Waals surface area (Å²) < 4.78 is 0. The molecular formula is C20H34O4Si4. The van der Waals surface area contributed by atoms with Gasteiger partial charge >= 0.3 is 0 Å². The zero-order valence-electron chi connectivity index (χ0n) is 19.0. The smallest absolute Gasteiger partial charge is 0.123 e. The summed E-state index contributed by atoms with van der Waals surface area (Å²) in [6, 6.07) is 1.49. The van der Waals surface area contributed by atoms with E-state index in [0.717, 1.165) is 12.1 Å². The second-order valence-corrected chi connectivity index (χ2v) is 30.2. The van der Waals surface area contributed by atoms with Crippen molar-refractivity contribution in [2.45, 2.75) is 77.6 Å². The largest absolute Gasteiger partial charge is 0.234 e. The lowest BCUT2D eigenvalue weighted by molar-refractivity contribution is 0.565. The minimum Gasteiger partial charge on any atom is -0.234 e. The van der Waals surface area contributed by atoms with Crippen LogP contribution in [0.3, 0.4) is 0 Å². The van der Waals surface area contributed by atoms with Crippen molar-refractivity contribution >= 4 is 56.1 Å². The van der Waals surface area contributed by atoms with Crippen molar-refractivity contribution in [1.82, 2.24) is 0 Å². The van der Waals surface area contributed by atoms with E-state index in [1.54, 1.807) is 0 Å². The molecule has 0 saturated carbocycles. The van der Waals surface area contributed by atoms with Crippen molar-refractivity contribution in [2.75, 3.05) is 0 Å². The Hall–Kier alpha value is -1.33. The third-order valence-corrected chi connectivity index (χ3v) is 16.3. The molecule has 0 radical (unpaired) electrons. The highest BCUT2D eigenvalue weighted by molar-refractivity contribution is 6.97. The molecule has 0 aromatic rings. The van der Waals surface area contributed by atoms with Crippen LogP contribution in [0.5, 0.6) is 0 Å². The molecule has 28 heavy (non-hydrogen) atoms. The van der Waals surface area contributed by atoms with Gasteiger partial charge in [-0.25, -0.2) is 19.2 Å². The predicted molar refractivity (Wildman–Crippen MR) is 128 cm³/mol. The first-order valence-corrected chi connectivity index (χ1v) is 22.9. The summed E-state index contributed by atoms with van der Waals surface area (Å²) in [7, 11) is -8.55. The summed E-state index contributed by atoms with van der Waals surface area (Å²) >= 11 is 0. The molecule has 0 spiro atoms. The topological polar surface area (TPSA) is 68.3 Å². The summed E-state index contributed by atoms with van der Waals surface area (Å²) in [4.78, 5) is 46.8. The molecule has 0 aliphatic carbocycles. The molecule has 0 amide bonds. The van der Waals surface area contributed by atoms with Gasteiger partial charge in [0.15, 0.2) is 0 Å². The number of hydrogen-bond donors (Lipinski definition) is 0. The molecule has 0 N–H and O–H groups in total. The molecule has 0 aromatic carbocycles. The van der Waals surface area contributed by atoms with Gasteiger partial charge in [0.2, 0.25) is 0 Å². The van der Waals surface area contributed by atoms with Crippen LogP contribution in [0.25, 0.3) is 0 Å². The van der Waals surface area contributed by atoms with Crippen molar-refractivity contribution in [3.8, 4) is 0 Å². The normalized spacial score (nSPS) is 12.2. The van der Waals surface area contributed by atoms with Crippen molar-refractivity contribution in [2.24, 2.45) is 0 Å². The fourth-order valence-corrected chi connectivity index (χ4v) is 17.1. The third kappa shape index (κ3) is 6.63. The number of rotatable bonds is 9. The Morgan fingerprint density at radius 3 is 0.821 bits per heavy atom. The van der Waals surface area contributed by atoms with Gasteiger partial charge in [0.05, 0.1) is 32.3 Å². The van der Waals surface area contributed by atoms with E-state index in [1.165, 1.54) is 0 Å². The highest BCUT2D eigenvalue weighted by atomic mass is 28.3. The van der Waals surface area contributed by atoms with E-state index >= 15 is 0 Å². The molecule has 154 valence electrons. The van der Waals surface area contributed by atoms with Gasteiger partial charge in [0, 0.05) is 20.8 Å². The molecule has 0 heterocycles. The average molecular weight is 451 g/mol. The zero-order valence-corrected chi connectivity index (χ0v) is 23.0. The van der Waals surface area contributed by atoms with Gasteiger partial charge in [-0.3, -0.25) is 0 Å².